The van der Waals surface area contributed by atoms with Crippen LogP contribution in [0.3, 0.4) is 0 Å². The number of benzene rings is 1. The third kappa shape index (κ3) is 4.70. The van der Waals surface area contributed by atoms with E-state index in [9.17, 15) is 14.0 Å². The molecule has 2 amide bonds. The summed E-state index contributed by atoms with van der Waals surface area (Å²) in [6, 6.07) is 5.33. The second-order valence-electron chi connectivity index (χ2n) is 8.40. The van der Waals surface area contributed by atoms with Gasteiger partial charge in [0.25, 0.3) is 5.91 Å². The molecule has 0 unspecified atom stereocenters. The van der Waals surface area contributed by atoms with Crippen molar-refractivity contribution in [3.63, 3.8) is 0 Å². The SMILES string of the molecule is CC(C)[C@@H](C)NC(=O)[C@H]1CS[C@H](C2CCCCC2)N1C(=O)c1cccc(F)c1. The summed E-state index contributed by atoms with van der Waals surface area (Å²) >= 11 is 1.71. The van der Waals surface area contributed by atoms with Crippen molar-refractivity contribution in [1.29, 1.82) is 0 Å². The molecule has 1 aromatic rings. The summed E-state index contributed by atoms with van der Waals surface area (Å²) in [6.07, 6.45) is 5.75. The van der Waals surface area contributed by atoms with Crippen LogP contribution in [0.15, 0.2) is 24.3 Å². The van der Waals surface area contributed by atoms with Crippen LogP contribution in [0.25, 0.3) is 0 Å². The molecule has 2 aliphatic rings. The van der Waals surface area contributed by atoms with Crippen LogP contribution >= 0.6 is 11.8 Å². The minimum absolute atomic E-state index is 0.0128. The van der Waals surface area contributed by atoms with E-state index in [0.29, 0.717) is 23.2 Å². The van der Waals surface area contributed by atoms with Crippen LogP contribution in [0.2, 0.25) is 0 Å². The number of carbonyl (C=O) groups excluding carboxylic acids is 2. The lowest BCUT2D eigenvalue weighted by Gasteiger charge is -2.36. The molecule has 0 bridgehead atoms. The van der Waals surface area contributed by atoms with Gasteiger partial charge in [-0.05, 0) is 49.8 Å². The number of carbonyl (C=O) groups is 2. The van der Waals surface area contributed by atoms with Crippen LogP contribution in [-0.4, -0.2) is 39.9 Å². The summed E-state index contributed by atoms with van der Waals surface area (Å²) in [5.41, 5.74) is 0.318. The number of halogens is 1. The molecule has 4 nitrogen and oxygen atoms in total. The van der Waals surface area contributed by atoms with Crippen LogP contribution < -0.4 is 5.32 Å². The number of hydrogen-bond donors (Lipinski definition) is 1. The summed E-state index contributed by atoms with van der Waals surface area (Å²) in [5.74, 6) is 0.547. The highest BCUT2D eigenvalue weighted by atomic mass is 32.2. The Morgan fingerprint density at radius 2 is 1.89 bits per heavy atom. The minimum atomic E-state index is -0.506. The first-order valence-electron chi connectivity index (χ1n) is 10.4. The number of thioether (sulfide) groups is 1. The van der Waals surface area contributed by atoms with Crippen molar-refractivity contribution in [3.05, 3.63) is 35.6 Å². The van der Waals surface area contributed by atoms with Crippen molar-refractivity contribution in [2.24, 2.45) is 11.8 Å². The number of hydrogen-bond acceptors (Lipinski definition) is 3. The third-order valence-corrected chi connectivity index (χ3v) is 7.53. The van der Waals surface area contributed by atoms with Gasteiger partial charge in [-0.25, -0.2) is 4.39 Å². The molecule has 2 fully saturated rings. The number of nitrogens with zero attached hydrogens (tertiary/aromatic N) is 1. The third-order valence-electron chi connectivity index (χ3n) is 6.07. The van der Waals surface area contributed by atoms with Crippen molar-refractivity contribution in [2.75, 3.05) is 5.75 Å². The van der Waals surface area contributed by atoms with Crippen molar-refractivity contribution in [2.45, 2.75) is 70.3 Å². The Bertz CT molecular complexity index is 706. The van der Waals surface area contributed by atoms with Gasteiger partial charge in [-0.3, -0.25) is 9.59 Å². The predicted molar refractivity (Wildman–Crippen MR) is 112 cm³/mol. The molecule has 0 radical (unpaired) electrons. The number of rotatable bonds is 5. The molecular formula is C22H31FN2O2S. The molecule has 28 heavy (non-hydrogen) atoms. The van der Waals surface area contributed by atoms with Crippen molar-refractivity contribution < 1.29 is 14.0 Å². The second-order valence-corrected chi connectivity index (χ2v) is 9.55. The molecule has 6 heteroatoms. The van der Waals surface area contributed by atoms with Crippen LogP contribution in [0.1, 0.15) is 63.2 Å². The van der Waals surface area contributed by atoms with Crippen molar-refractivity contribution in [3.8, 4) is 0 Å². The lowest BCUT2D eigenvalue weighted by molar-refractivity contribution is -0.126. The van der Waals surface area contributed by atoms with E-state index in [1.807, 2.05) is 6.92 Å². The molecule has 1 heterocycles. The molecule has 1 saturated carbocycles. The number of amides is 2. The predicted octanol–water partition coefficient (Wildman–Crippen LogP) is 4.45. The average Bonchev–Trinajstić information content (AvgIpc) is 3.13. The molecule has 1 aliphatic heterocycles. The van der Waals surface area contributed by atoms with E-state index in [0.717, 1.165) is 12.8 Å². The Labute approximate surface area is 171 Å². The summed E-state index contributed by atoms with van der Waals surface area (Å²) in [6.45, 7) is 6.12. The van der Waals surface area contributed by atoms with E-state index < -0.39 is 11.9 Å². The summed E-state index contributed by atoms with van der Waals surface area (Å²) in [4.78, 5) is 28.1. The van der Waals surface area contributed by atoms with Crippen LogP contribution in [0, 0.1) is 17.7 Å². The standard InChI is InChI=1S/C22H31FN2O2S/c1-14(2)15(3)24-20(26)19-13-28-22(16-8-5-4-6-9-16)25(19)21(27)17-10-7-11-18(23)12-17/h7,10-12,14-16,19,22H,4-6,8-9,13H2,1-3H3,(H,24,26)/t15-,19-,22-/m1/s1. The number of nitrogens with one attached hydrogen (secondary N) is 1. The molecule has 3 rings (SSSR count). The fourth-order valence-electron chi connectivity index (χ4n) is 4.03. The largest absolute Gasteiger partial charge is 0.352 e. The van der Waals surface area contributed by atoms with E-state index in [2.05, 4.69) is 19.2 Å². The van der Waals surface area contributed by atoms with Gasteiger partial charge in [0.2, 0.25) is 5.91 Å². The maximum absolute atomic E-state index is 13.7. The van der Waals surface area contributed by atoms with Gasteiger partial charge in [-0.2, -0.15) is 0 Å². The topological polar surface area (TPSA) is 49.4 Å². The molecule has 1 N–H and O–H groups in total. The molecular weight excluding hydrogens is 375 g/mol. The Hall–Kier alpha value is -1.56. The quantitative estimate of drug-likeness (QED) is 0.786. The smallest absolute Gasteiger partial charge is 0.255 e. The minimum Gasteiger partial charge on any atom is -0.352 e. The highest BCUT2D eigenvalue weighted by molar-refractivity contribution is 8.00. The molecule has 0 aromatic heterocycles. The van der Waals surface area contributed by atoms with E-state index in [4.69, 9.17) is 0 Å². The lowest BCUT2D eigenvalue weighted by Crippen LogP contribution is -2.53. The second kappa shape index (κ2) is 9.29. The Morgan fingerprint density at radius 3 is 2.54 bits per heavy atom. The first-order valence-corrected chi connectivity index (χ1v) is 11.4. The van der Waals surface area contributed by atoms with E-state index in [1.54, 1.807) is 28.8 Å². The first kappa shape index (κ1) is 21.2. The zero-order valence-electron chi connectivity index (χ0n) is 17.0. The summed E-state index contributed by atoms with van der Waals surface area (Å²) in [7, 11) is 0. The zero-order valence-corrected chi connectivity index (χ0v) is 17.8. The normalized spacial score (nSPS) is 24.4. The van der Waals surface area contributed by atoms with Crippen LogP contribution in [-0.2, 0) is 4.79 Å². The van der Waals surface area contributed by atoms with Gasteiger partial charge in [0.1, 0.15) is 11.9 Å². The van der Waals surface area contributed by atoms with Crippen molar-refractivity contribution >= 4 is 23.6 Å². The van der Waals surface area contributed by atoms with Gasteiger partial charge in [-0.15, -0.1) is 11.8 Å². The van der Waals surface area contributed by atoms with E-state index >= 15 is 0 Å². The van der Waals surface area contributed by atoms with Gasteiger partial charge in [0.15, 0.2) is 0 Å². The maximum atomic E-state index is 13.7. The van der Waals surface area contributed by atoms with Gasteiger partial charge in [0.05, 0.1) is 5.37 Å². The summed E-state index contributed by atoms with van der Waals surface area (Å²) < 4.78 is 13.7. The van der Waals surface area contributed by atoms with Gasteiger partial charge in [0, 0.05) is 17.4 Å². The molecule has 154 valence electrons. The molecule has 1 aromatic carbocycles. The monoisotopic (exact) mass is 406 g/mol. The molecule has 3 atom stereocenters. The van der Waals surface area contributed by atoms with Gasteiger partial charge >= 0.3 is 0 Å². The van der Waals surface area contributed by atoms with E-state index in [-0.39, 0.29) is 23.2 Å². The van der Waals surface area contributed by atoms with Crippen LogP contribution in [0.4, 0.5) is 4.39 Å². The molecule has 0 spiro atoms. The van der Waals surface area contributed by atoms with Gasteiger partial charge in [-0.1, -0.05) is 39.2 Å². The molecule has 1 aliphatic carbocycles. The zero-order chi connectivity index (χ0) is 20.3. The van der Waals surface area contributed by atoms with Gasteiger partial charge < -0.3 is 10.2 Å². The van der Waals surface area contributed by atoms with E-state index in [1.165, 1.54) is 31.4 Å². The highest BCUT2D eigenvalue weighted by Crippen LogP contribution is 2.41. The van der Waals surface area contributed by atoms with Crippen LogP contribution in [0.5, 0.6) is 0 Å². The Balaban J connectivity index is 1.86. The molecule has 1 saturated heterocycles. The maximum Gasteiger partial charge on any atom is 0.255 e. The first-order chi connectivity index (χ1) is 13.4. The highest BCUT2D eigenvalue weighted by Gasteiger charge is 2.45. The average molecular weight is 407 g/mol. The van der Waals surface area contributed by atoms with Crippen molar-refractivity contribution in [1.82, 2.24) is 10.2 Å². The Kier molecular flexibility index (Phi) is 7.02. The fourth-order valence-corrected chi connectivity index (χ4v) is 5.67. The lowest BCUT2D eigenvalue weighted by atomic mass is 9.88. The fraction of sp³-hybridized carbons (Fsp3) is 0.636. The summed E-state index contributed by atoms with van der Waals surface area (Å²) in [5, 5.41) is 3.06. The Morgan fingerprint density at radius 1 is 1.18 bits per heavy atom.